The highest BCUT2D eigenvalue weighted by Crippen LogP contribution is 2.29. The van der Waals surface area contributed by atoms with Crippen LogP contribution in [0.4, 0.5) is 0 Å². The van der Waals surface area contributed by atoms with Gasteiger partial charge in [-0.15, -0.1) is 0 Å². The minimum absolute atomic E-state index is 0.175. The van der Waals surface area contributed by atoms with Crippen LogP contribution in [0.1, 0.15) is 37.5 Å². The Hall–Kier alpha value is -2.07. The maximum atomic E-state index is 8.83. The highest BCUT2D eigenvalue weighted by molar-refractivity contribution is 5.68. The van der Waals surface area contributed by atoms with E-state index in [9.17, 15) is 0 Å². The fourth-order valence-electron chi connectivity index (χ4n) is 2.18. The predicted molar refractivity (Wildman–Crippen MR) is 80.0 cm³/mol. The van der Waals surface area contributed by atoms with Gasteiger partial charge in [-0.05, 0) is 46.7 Å². The van der Waals surface area contributed by atoms with E-state index in [2.05, 4.69) is 52.0 Å². The lowest BCUT2D eigenvalue weighted by Crippen LogP contribution is -2.11. The zero-order valence-electron chi connectivity index (χ0n) is 12.0. The van der Waals surface area contributed by atoms with Gasteiger partial charge in [0.1, 0.15) is 0 Å². The summed E-state index contributed by atoms with van der Waals surface area (Å²) in [7, 11) is 0. The Morgan fingerprint density at radius 3 is 2.05 bits per heavy atom. The van der Waals surface area contributed by atoms with Crippen molar-refractivity contribution in [2.75, 3.05) is 0 Å². The molecule has 0 radical (unpaired) electrons. The summed E-state index contributed by atoms with van der Waals surface area (Å²) in [4.78, 5) is 0. The molecular weight excluding hydrogens is 230 g/mol. The zero-order chi connectivity index (χ0) is 14.0. The molecule has 0 saturated heterocycles. The Bertz CT molecular complexity index is 622. The van der Waals surface area contributed by atoms with Crippen LogP contribution in [-0.2, 0) is 5.41 Å². The first kappa shape index (κ1) is 13.4. The van der Waals surface area contributed by atoms with Crippen LogP contribution in [-0.4, -0.2) is 0 Å². The number of hydrogen-bond acceptors (Lipinski definition) is 1. The molecule has 2 rings (SSSR count). The Kier molecular flexibility index (Phi) is 3.44. The second-order valence-electron chi connectivity index (χ2n) is 5.97. The predicted octanol–water partition coefficient (Wildman–Crippen LogP) is 4.83. The lowest BCUT2D eigenvalue weighted by molar-refractivity contribution is 0.590. The van der Waals surface area contributed by atoms with Crippen molar-refractivity contribution in [2.45, 2.75) is 33.1 Å². The second kappa shape index (κ2) is 4.90. The van der Waals surface area contributed by atoms with Gasteiger partial charge < -0.3 is 0 Å². The van der Waals surface area contributed by atoms with Crippen molar-refractivity contribution >= 4 is 0 Å². The first-order valence-corrected chi connectivity index (χ1v) is 6.53. The molecule has 0 fully saturated rings. The third kappa shape index (κ3) is 2.85. The van der Waals surface area contributed by atoms with Crippen molar-refractivity contribution in [3.63, 3.8) is 0 Å². The van der Waals surface area contributed by atoms with Gasteiger partial charge in [0.05, 0.1) is 11.6 Å². The fraction of sp³-hybridized carbons (Fsp3) is 0.278. The Balaban J connectivity index is 2.43. The standard InChI is InChI=1S/C18H19N/c1-13-11-16(18(2,3)4)9-10-17(13)15-7-5-14(12-19)6-8-15/h5-11H,1-4H3. The molecule has 0 amide bonds. The number of hydrogen-bond donors (Lipinski definition) is 0. The van der Waals surface area contributed by atoms with E-state index in [1.807, 2.05) is 24.3 Å². The molecule has 2 aromatic rings. The second-order valence-corrected chi connectivity index (χ2v) is 5.97. The van der Waals surface area contributed by atoms with Crippen molar-refractivity contribution in [1.82, 2.24) is 0 Å². The van der Waals surface area contributed by atoms with Crippen LogP contribution in [0.25, 0.3) is 11.1 Å². The van der Waals surface area contributed by atoms with Crippen LogP contribution < -0.4 is 0 Å². The van der Waals surface area contributed by atoms with Gasteiger partial charge in [0.15, 0.2) is 0 Å². The molecule has 96 valence electrons. The molecule has 2 aromatic carbocycles. The number of aryl methyl sites for hydroxylation is 1. The van der Waals surface area contributed by atoms with Crippen LogP contribution in [0.15, 0.2) is 42.5 Å². The molecule has 1 nitrogen and oxygen atoms in total. The van der Waals surface area contributed by atoms with Crippen LogP contribution in [0.2, 0.25) is 0 Å². The first-order chi connectivity index (χ1) is 8.91. The lowest BCUT2D eigenvalue weighted by atomic mass is 9.84. The summed E-state index contributed by atoms with van der Waals surface area (Å²) in [6, 6.07) is 16.5. The maximum absolute atomic E-state index is 8.83. The van der Waals surface area contributed by atoms with E-state index in [1.54, 1.807) is 0 Å². The molecular formula is C18H19N. The van der Waals surface area contributed by atoms with Gasteiger partial charge in [-0.25, -0.2) is 0 Å². The third-order valence-corrected chi connectivity index (χ3v) is 3.42. The molecule has 0 heterocycles. The van der Waals surface area contributed by atoms with E-state index in [-0.39, 0.29) is 5.41 Å². The molecule has 0 unspecified atom stereocenters. The van der Waals surface area contributed by atoms with Gasteiger partial charge in [0, 0.05) is 0 Å². The summed E-state index contributed by atoms with van der Waals surface area (Å²) in [5.41, 5.74) is 5.90. The van der Waals surface area contributed by atoms with Gasteiger partial charge in [0.2, 0.25) is 0 Å². The van der Waals surface area contributed by atoms with Crippen molar-refractivity contribution in [2.24, 2.45) is 0 Å². The Morgan fingerprint density at radius 2 is 1.58 bits per heavy atom. The summed E-state index contributed by atoms with van der Waals surface area (Å²) < 4.78 is 0. The molecule has 0 N–H and O–H groups in total. The minimum atomic E-state index is 0.175. The van der Waals surface area contributed by atoms with E-state index >= 15 is 0 Å². The molecule has 0 spiro atoms. The summed E-state index contributed by atoms with van der Waals surface area (Å²) in [6.07, 6.45) is 0. The molecule has 0 aliphatic carbocycles. The van der Waals surface area contributed by atoms with Gasteiger partial charge in [0.25, 0.3) is 0 Å². The highest BCUT2D eigenvalue weighted by atomic mass is 14.2. The number of rotatable bonds is 1. The maximum Gasteiger partial charge on any atom is 0.0991 e. The van der Waals surface area contributed by atoms with Crippen LogP contribution in [0, 0.1) is 18.3 Å². The summed E-state index contributed by atoms with van der Waals surface area (Å²) in [5.74, 6) is 0. The van der Waals surface area contributed by atoms with Crippen molar-refractivity contribution in [3.8, 4) is 17.2 Å². The smallest absolute Gasteiger partial charge is 0.0991 e. The summed E-state index contributed by atoms with van der Waals surface area (Å²) >= 11 is 0. The molecule has 0 bridgehead atoms. The van der Waals surface area contributed by atoms with Crippen LogP contribution in [0.5, 0.6) is 0 Å². The quantitative estimate of drug-likeness (QED) is 0.710. The fourth-order valence-corrected chi connectivity index (χ4v) is 2.18. The van der Waals surface area contributed by atoms with Crippen molar-refractivity contribution < 1.29 is 0 Å². The minimum Gasteiger partial charge on any atom is -0.192 e. The van der Waals surface area contributed by atoms with E-state index in [0.717, 1.165) is 5.56 Å². The lowest BCUT2D eigenvalue weighted by Gasteiger charge is -2.20. The average molecular weight is 249 g/mol. The largest absolute Gasteiger partial charge is 0.192 e. The normalized spacial score (nSPS) is 11.1. The number of nitrogens with zero attached hydrogens (tertiary/aromatic N) is 1. The van der Waals surface area contributed by atoms with E-state index in [4.69, 9.17) is 5.26 Å². The van der Waals surface area contributed by atoms with E-state index < -0.39 is 0 Å². The Morgan fingerprint density at radius 1 is 0.947 bits per heavy atom. The first-order valence-electron chi connectivity index (χ1n) is 6.53. The molecule has 0 saturated carbocycles. The van der Waals surface area contributed by atoms with Gasteiger partial charge >= 0.3 is 0 Å². The van der Waals surface area contributed by atoms with Gasteiger partial charge in [-0.1, -0.05) is 51.1 Å². The average Bonchev–Trinajstić information content (AvgIpc) is 2.38. The number of benzene rings is 2. The molecule has 1 heteroatoms. The summed E-state index contributed by atoms with van der Waals surface area (Å²) in [6.45, 7) is 8.82. The van der Waals surface area contributed by atoms with Crippen LogP contribution in [0.3, 0.4) is 0 Å². The van der Waals surface area contributed by atoms with Crippen LogP contribution >= 0.6 is 0 Å². The van der Waals surface area contributed by atoms with Gasteiger partial charge in [-0.3, -0.25) is 0 Å². The van der Waals surface area contributed by atoms with Gasteiger partial charge in [-0.2, -0.15) is 5.26 Å². The molecule has 0 aliphatic heterocycles. The third-order valence-electron chi connectivity index (χ3n) is 3.42. The van der Waals surface area contributed by atoms with E-state index in [1.165, 1.54) is 16.7 Å². The van der Waals surface area contributed by atoms with Crippen molar-refractivity contribution in [1.29, 1.82) is 5.26 Å². The molecule has 0 aliphatic rings. The van der Waals surface area contributed by atoms with E-state index in [0.29, 0.717) is 5.56 Å². The Labute approximate surface area is 115 Å². The molecule has 0 atom stereocenters. The highest BCUT2D eigenvalue weighted by Gasteiger charge is 2.14. The van der Waals surface area contributed by atoms with Crippen molar-refractivity contribution in [3.05, 3.63) is 59.2 Å². The SMILES string of the molecule is Cc1cc(C(C)(C)C)ccc1-c1ccc(C#N)cc1. The topological polar surface area (TPSA) is 23.8 Å². The molecule has 19 heavy (non-hydrogen) atoms. The number of nitriles is 1. The zero-order valence-corrected chi connectivity index (χ0v) is 12.0. The molecule has 0 aromatic heterocycles. The monoisotopic (exact) mass is 249 g/mol. The summed E-state index contributed by atoms with van der Waals surface area (Å²) in [5, 5.41) is 8.83.